The summed E-state index contributed by atoms with van der Waals surface area (Å²) in [6.45, 7) is 4.16. The van der Waals surface area contributed by atoms with E-state index in [9.17, 15) is 22.8 Å². The molecule has 3 heterocycles. The number of nitrogens with zero attached hydrogens (tertiary/aromatic N) is 4. The number of aliphatic imine (C=N–C) groups is 1. The van der Waals surface area contributed by atoms with Crippen molar-refractivity contribution in [2.24, 2.45) is 16.8 Å². The number of benzene rings is 1. The van der Waals surface area contributed by atoms with Gasteiger partial charge in [-0.25, -0.2) is 9.98 Å². The van der Waals surface area contributed by atoms with Crippen LogP contribution in [-0.4, -0.2) is 71.8 Å². The predicted molar refractivity (Wildman–Crippen MR) is 147 cm³/mol. The van der Waals surface area contributed by atoms with Gasteiger partial charge in [0.15, 0.2) is 6.10 Å². The van der Waals surface area contributed by atoms with E-state index in [0.717, 1.165) is 87.6 Å². The molecule has 216 valence electrons. The number of fused-ring (bicyclic) bond motifs is 2. The van der Waals surface area contributed by atoms with Crippen molar-refractivity contribution in [1.82, 2.24) is 14.8 Å². The summed E-state index contributed by atoms with van der Waals surface area (Å²) < 4.78 is 43.5. The van der Waals surface area contributed by atoms with Crippen molar-refractivity contribution in [2.45, 2.75) is 70.7 Å². The van der Waals surface area contributed by atoms with Crippen LogP contribution >= 0.6 is 11.3 Å². The smallest absolute Gasteiger partial charge is 0.425 e. The van der Waals surface area contributed by atoms with Crippen molar-refractivity contribution >= 4 is 29.4 Å². The second-order valence-electron chi connectivity index (χ2n) is 11.1. The molecule has 1 aromatic heterocycles. The van der Waals surface area contributed by atoms with Gasteiger partial charge in [0.1, 0.15) is 0 Å². The lowest BCUT2D eigenvalue weighted by molar-refractivity contribution is -0.189. The van der Waals surface area contributed by atoms with Gasteiger partial charge >= 0.3 is 6.18 Å². The molecule has 1 unspecified atom stereocenters. The molecule has 1 aromatic carbocycles. The first-order valence-corrected chi connectivity index (χ1v) is 14.8. The number of thiazole rings is 1. The number of aromatic nitrogens is 1. The van der Waals surface area contributed by atoms with E-state index in [1.807, 2.05) is 6.21 Å². The van der Waals surface area contributed by atoms with Crippen LogP contribution in [0.15, 0.2) is 23.2 Å². The fraction of sp³-hybridized carbons (Fsp3) is 0.586. The van der Waals surface area contributed by atoms with Gasteiger partial charge in [0.2, 0.25) is 0 Å². The first-order chi connectivity index (χ1) is 19.1. The fourth-order valence-electron chi connectivity index (χ4n) is 5.78. The molecule has 2 aliphatic heterocycles. The van der Waals surface area contributed by atoms with Crippen LogP contribution in [0.2, 0.25) is 0 Å². The summed E-state index contributed by atoms with van der Waals surface area (Å²) in [7, 11) is 1.73. The lowest BCUT2D eigenvalue weighted by Gasteiger charge is -2.28. The fourth-order valence-corrected chi connectivity index (χ4v) is 6.80. The molecule has 1 saturated carbocycles. The number of carbonyl (C=O) groups is 2. The highest BCUT2D eigenvalue weighted by atomic mass is 32.1. The van der Waals surface area contributed by atoms with Crippen LogP contribution in [0.25, 0.3) is 0 Å². The Bertz CT molecular complexity index is 1240. The van der Waals surface area contributed by atoms with Gasteiger partial charge in [0.05, 0.1) is 5.69 Å². The van der Waals surface area contributed by atoms with E-state index in [2.05, 4.69) is 14.9 Å². The molecule has 0 N–H and O–H groups in total. The van der Waals surface area contributed by atoms with Gasteiger partial charge in [0.25, 0.3) is 17.0 Å². The van der Waals surface area contributed by atoms with Crippen molar-refractivity contribution in [1.29, 1.82) is 0 Å². The zero-order valence-electron chi connectivity index (χ0n) is 22.9. The molecule has 1 atom stereocenters. The quantitative estimate of drug-likeness (QED) is 0.403. The molecular formula is C29H35F3N4O3S. The molecule has 2 amide bonds. The molecule has 0 bridgehead atoms. The monoisotopic (exact) mass is 576 g/mol. The van der Waals surface area contributed by atoms with Crippen LogP contribution in [0, 0.1) is 11.8 Å². The third-order valence-electron chi connectivity index (χ3n) is 8.34. The minimum absolute atomic E-state index is 0.0573. The van der Waals surface area contributed by atoms with Crippen molar-refractivity contribution in [3.8, 4) is 5.19 Å². The van der Waals surface area contributed by atoms with Gasteiger partial charge in [-0.1, -0.05) is 17.4 Å². The maximum atomic E-state index is 12.8. The number of carbonyl (C=O) groups excluding carboxylic acids is 2. The number of hydrogen-bond acceptors (Lipinski definition) is 6. The maximum Gasteiger partial charge on any atom is 0.425 e. The Hall–Kier alpha value is -2.79. The Morgan fingerprint density at radius 2 is 1.98 bits per heavy atom. The average Bonchev–Trinajstić information content (AvgIpc) is 3.38. The van der Waals surface area contributed by atoms with Gasteiger partial charge in [-0.05, 0) is 81.5 Å². The SMILES string of the molecule is CC(Oc1nc2c(s1)CCN(CCC1CCC(C=NC(=O)c3cccc4c3CN(C)C4=O)CC1)CC2)C(F)(F)F. The topological polar surface area (TPSA) is 75.1 Å². The van der Waals surface area contributed by atoms with Gasteiger partial charge in [-0.3, -0.25) is 9.59 Å². The lowest BCUT2D eigenvalue weighted by atomic mass is 9.81. The number of hydrogen-bond donors (Lipinski definition) is 0. The Morgan fingerprint density at radius 1 is 1.23 bits per heavy atom. The summed E-state index contributed by atoms with van der Waals surface area (Å²) in [5.74, 6) is 0.592. The highest BCUT2D eigenvalue weighted by molar-refractivity contribution is 7.13. The normalized spacial score (nSPS) is 22.7. The zero-order chi connectivity index (χ0) is 28.4. The van der Waals surface area contributed by atoms with Crippen molar-refractivity contribution in [3.63, 3.8) is 0 Å². The Labute approximate surface area is 236 Å². The molecule has 5 rings (SSSR count). The van der Waals surface area contributed by atoms with Gasteiger partial charge in [-0.15, -0.1) is 0 Å². The number of amides is 2. The standard InChI is InChI=1S/C29H35F3N4O3S/c1-18(29(30,31)32)39-28-34-24-11-14-36(15-12-25(24)40-28)13-10-19-6-8-20(9-7-19)16-33-26(37)21-4-3-5-22-23(21)17-35(2)27(22)38/h3-5,16,18-20H,6-15,17H2,1-2H3. The zero-order valence-corrected chi connectivity index (χ0v) is 23.7. The highest BCUT2D eigenvalue weighted by Gasteiger charge is 2.39. The second-order valence-corrected chi connectivity index (χ2v) is 12.2. The van der Waals surface area contributed by atoms with E-state index in [1.54, 1.807) is 30.1 Å². The van der Waals surface area contributed by atoms with Gasteiger partial charge in [0, 0.05) is 55.3 Å². The summed E-state index contributed by atoms with van der Waals surface area (Å²) in [5.41, 5.74) is 2.74. The number of alkyl halides is 3. The molecule has 2 aromatic rings. The third-order valence-corrected chi connectivity index (χ3v) is 9.39. The minimum atomic E-state index is -4.40. The van der Waals surface area contributed by atoms with Gasteiger partial charge < -0.3 is 14.5 Å². The number of ether oxygens (including phenoxy) is 1. The van der Waals surface area contributed by atoms with E-state index in [0.29, 0.717) is 23.6 Å². The first kappa shape index (κ1) is 28.7. The van der Waals surface area contributed by atoms with Crippen molar-refractivity contribution in [3.05, 3.63) is 45.5 Å². The molecule has 0 spiro atoms. The van der Waals surface area contributed by atoms with E-state index in [1.165, 1.54) is 11.3 Å². The summed E-state index contributed by atoms with van der Waals surface area (Å²) in [5, 5.41) is 0.112. The van der Waals surface area contributed by atoms with Crippen LogP contribution in [0.4, 0.5) is 13.2 Å². The summed E-state index contributed by atoms with van der Waals surface area (Å²) in [6, 6.07) is 5.26. The van der Waals surface area contributed by atoms with Crippen molar-refractivity contribution < 1.29 is 27.5 Å². The molecular weight excluding hydrogens is 541 g/mol. The Morgan fingerprint density at radius 3 is 2.73 bits per heavy atom. The van der Waals surface area contributed by atoms with Crippen molar-refractivity contribution in [2.75, 3.05) is 26.7 Å². The molecule has 40 heavy (non-hydrogen) atoms. The summed E-state index contributed by atoms with van der Waals surface area (Å²) in [4.78, 5) is 38.7. The Balaban J connectivity index is 1.04. The molecule has 1 fully saturated rings. The van der Waals surface area contributed by atoms with Crippen LogP contribution in [0.5, 0.6) is 5.19 Å². The molecule has 3 aliphatic rings. The lowest BCUT2D eigenvalue weighted by Crippen LogP contribution is -2.31. The summed E-state index contributed by atoms with van der Waals surface area (Å²) in [6.07, 6.45) is 2.39. The largest absolute Gasteiger partial charge is 0.457 e. The number of rotatable bonds is 7. The average molecular weight is 577 g/mol. The van der Waals surface area contributed by atoms with E-state index >= 15 is 0 Å². The van der Waals surface area contributed by atoms with E-state index < -0.39 is 12.3 Å². The first-order valence-electron chi connectivity index (χ1n) is 14.0. The molecule has 0 radical (unpaired) electrons. The number of halogens is 3. The van der Waals surface area contributed by atoms with Crippen LogP contribution in [-0.2, 0) is 19.4 Å². The maximum absolute atomic E-state index is 12.8. The van der Waals surface area contributed by atoms with E-state index in [4.69, 9.17) is 4.74 Å². The van der Waals surface area contributed by atoms with Crippen LogP contribution in [0.3, 0.4) is 0 Å². The highest BCUT2D eigenvalue weighted by Crippen LogP contribution is 2.33. The summed E-state index contributed by atoms with van der Waals surface area (Å²) >= 11 is 1.24. The Kier molecular flexibility index (Phi) is 8.61. The van der Waals surface area contributed by atoms with Crippen LogP contribution < -0.4 is 4.74 Å². The van der Waals surface area contributed by atoms with Crippen LogP contribution in [0.1, 0.15) is 75.9 Å². The minimum Gasteiger partial charge on any atom is -0.457 e. The predicted octanol–water partition coefficient (Wildman–Crippen LogP) is 5.57. The molecule has 7 nitrogen and oxygen atoms in total. The second kappa shape index (κ2) is 12.0. The molecule has 11 heteroatoms. The van der Waals surface area contributed by atoms with Gasteiger partial charge in [-0.2, -0.15) is 13.2 Å². The molecule has 0 saturated heterocycles. The molecule has 1 aliphatic carbocycles. The third kappa shape index (κ3) is 6.57. The van der Waals surface area contributed by atoms with E-state index in [-0.39, 0.29) is 22.9 Å².